The number of nitrogens with zero attached hydrogens (tertiary/aromatic N) is 1. The van der Waals surface area contributed by atoms with Crippen molar-refractivity contribution in [1.82, 2.24) is 4.90 Å². The number of hydrogen-bond acceptors (Lipinski definition) is 4. The van der Waals surface area contributed by atoms with Crippen molar-refractivity contribution in [2.75, 3.05) is 13.3 Å². The van der Waals surface area contributed by atoms with Crippen LogP contribution in [0.2, 0.25) is 0 Å². The van der Waals surface area contributed by atoms with E-state index >= 15 is 0 Å². The van der Waals surface area contributed by atoms with Crippen LogP contribution in [0.4, 0.5) is 0 Å². The predicted octanol–water partition coefficient (Wildman–Crippen LogP) is 3.00. The van der Waals surface area contributed by atoms with Gasteiger partial charge < -0.3 is 4.42 Å². The highest BCUT2D eigenvalue weighted by Gasteiger charge is 2.25. The van der Waals surface area contributed by atoms with Gasteiger partial charge in [-0.25, -0.2) is 8.42 Å². The number of sulfone groups is 1. The standard InChI is InChI=1S/C15H16ClNO3S/c1-17-9-11-12(6-7-21(2,18)19)20-13-5-3-4-10(15(11)13)8-14(17)16/h3-7,14H,8-9H2,1-2H3. The molecular weight excluding hydrogens is 310 g/mol. The van der Waals surface area contributed by atoms with Crippen LogP contribution >= 0.6 is 11.6 Å². The van der Waals surface area contributed by atoms with Crippen LogP contribution < -0.4 is 0 Å². The van der Waals surface area contributed by atoms with E-state index in [2.05, 4.69) is 0 Å². The van der Waals surface area contributed by atoms with Crippen molar-refractivity contribution >= 4 is 38.5 Å². The molecule has 112 valence electrons. The molecule has 1 aliphatic rings. The minimum absolute atomic E-state index is 0.0882. The number of hydrogen-bond donors (Lipinski definition) is 0. The lowest BCUT2D eigenvalue weighted by Gasteiger charge is -2.19. The van der Waals surface area contributed by atoms with Gasteiger partial charge in [-0.2, -0.15) is 0 Å². The van der Waals surface area contributed by atoms with E-state index in [-0.39, 0.29) is 5.50 Å². The first-order valence-corrected chi connectivity index (χ1v) is 9.00. The van der Waals surface area contributed by atoms with Gasteiger partial charge in [-0.1, -0.05) is 12.1 Å². The van der Waals surface area contributed by atoms with Gasteiger partial charge in [0.25, 0.3) is 0 Å². The molecule has 4 nitrogen and oxygen atoms in total. The normalized spacial score (nSPS) is 20.2. The van der Waals surface area contributed by atoms with Crippen molar-refractivity contribution in [2.45, 2.75) is 18.5 Å². The summed E-state index contributed by atoms with van der Waals surface area (Å²) in [4.78, 5) is 2.03. The first-order chi connectivity index (χ1) is 9.85. The summed E-state index contributed by atoms with van der Waals surface area (Å²) in [6, 6.07) is 5.87. The summed E-state index contributed by atoms with van der Waals surface area (Å²) in [5, 5.41) is 2.23. The Bertz CT molecular complexity index is 823. The molecular formula is C15H16ClNO3S. The zero-order valence-electron chi connectivity index (χ0n) is 11.8. The molecule has 1 unspecified atom stereocenters. The number of likely N-dealkylation sites (N-methyl/N-ethyl adjacent to an activating group) is 1. The van der Waals surface area contributed by atoms with E-state index in [4.69, 9.17) is 16.0 Å². The van der Waals surface area contributed by atoms with E-state index in [1.807, 2.05) is 30.1 Å². The summed E-state index contributed by atoms with van der Waals surface area (Å²) in [6.45, 7) is 0.627. The summed E-state index contributed by atoms with van der Waals surface area (Å²) < 4.78 is 28.5. The molecule has 0 aliphatic carbocycles. The van der Waals surface area contributed by atoms with E-state index in [0.29, 0.717) is 12.3 Å². The molecule has 0 bridgehead atoms. The summed E-state index contributed by atoms with van der Waals surface area (Å²) in [6.07, 6.45) is 3.42. The fourth-order valence-corrected chi connectivity index (χ4v) is 3.25. The number of benzene rings is 1. The molecule has 0 N–H and O–H groups in total. The van der Waals surface area contributed by atoms with Gasteiger partial charge in [-0.3, -0.25) is 4.90 Å². The second-order valence-electron chi connectivity index (χ2n) is 5.42. The first kappa shape index (κ1) is 14.6. The zero-order chi connectivity index (χ0) is 15.2. The molecule has 2 aromatic rings. The van der Waals surface area contributed by atoms with Gasteiger partial charge in [0, 0.05) is 35.6 Å². The zero-order valence-corrected chi connectivity index (χ0v) is 13.4. The topological polar surface area (TPSA) is 50.5 Å². The molecule has 0 radical (unpaired) electrons. The molecule has 0 spiro atoms. The Balaban J connectivity index is 2.21. The van der Waals surface area contributed by atoms with Crippen LogP contribution in [0.3, 0.4) is 0 Å². The molecule has 0 amide bonds. The third-order valence-electron chi connectivity index (χ3n) is 3.67. The second kappa shape index (κ2) is 5.16. The van der Waals surface area contributed by atoms with Crippen LogP contribution in [-0.4, -0.2) is 32.1 Å². The van der Waals surface area contributed by atoms with Gasteiger partial charge in [0.15, 0.2) is 9.84 Å². The van der Waals surface area contributed by atoms with E-state index in [1.54, 1.807) is 0 Å². The van der Waals surface area contributed by atoms with Gasteiger partial charge in [0.05, 0.1) is 5.50 Å². The fraction of sp³-hybridized carbons (Fsp3) is 0.333. The Hall–Kier alpha value is -1.30. The molecule has 1 aliphatic heterocycles. The van der Waals surface area contributed by atoms with Crippen molar-refractivity contribution in [3.8, 4) is 0 Å². The molecule has 0 saturated carbocycles. The molecule has 1 atom stereocenters. The van der Waals surface area contributed by atoms with Crippen LogP contribution in [0.25, 0.3) is 17.0 Å². The number of halogens is 1. The van der Waals surface area contributed by atoms with E-state index in [1.165, 1.54) is 11.5 Å². The van der Waals surface area contributed by atoms with Crippen LogP contribution in [0.1, 0.15) is 16.9 Å². The molecule has 0 saturated heterocycles. The Labute approximate surface area is 128 Å². The van der Waals surface area contributed by atoms with Gasteiger partial charge >= 0.3 is 0 Å². The largest absolute Gasteiger partial charge is 0.456 e. The summed E-state index contributed by atoms with van der Waals surface area (Å²) in [5.74, 6) is 0.584. The molecule has 1 aromatic heterocycles. The highest BCUT2D eigenvalue weighted by Crippen LogP contribution is 2.35. The smallest absolute Gasteiger partial charge is 0.168 e. The van der Waals surface area contributed by atoms with Crippen LogP contribution in [0.15, 0.2) is 28.0 Å². The third kappa shape index (κ3) is 2.86. The Morgan fingerprint density at radius 3 is 2.90 bits per heavy atom. The van der Waals surface area contributed by atoms with Crippen molar-refractivity contribution in [1.29, 1.82) is 0 Å². The fourth-order valence-electron chi connectivity index (χ4n) is 2.64. The van der Waals surface area contributed by atoms with Crippen molar-refractivity contribution in [2.24, 2.45) is 0 Å². The van der Waals surface area contributed by atoms with E-state index in [9.17, 15) is 8.42 Å². The molecule has 21 heavy (non-hydrogen) atoms. The van der Waals surface area contributed by atoms with Gasteiger partial charge in [-0.15, -0.1) is 11.6 Å². The Morgan fingerprint density at radius 2 is 2.19 bits per heavy atom. The summed E-state index contributed by atoms with van der Waals surface area (Å²) in [7, 11) is -1.24. The van der Waals surface area contributed by atoms with Crippen LogP contribution in [0.5, 0.6) is 0 Å². The average molecular weight is 326 g/mol. The lowest BCUT2D eigenvalue weighted by molar-refractivity contribution is 0.302. The predicted molar refractivity (Wildman–Crippen MR) is 84.9 cm³/mol. The highest BCUT2D eigenvalue weighted by atomic mass is 35.5. The minimum Gasteiger partial charge on any atom is -0.456 e. The van der Waals surface area contributed by atoms with Crippen LogP contribution in [0, 0.1) is 0 Å². The molecule has 0 fully saturated rings. The number of alkyl halides is 1. The molecule has 2 heterocycles. The average Bonchev–Trinajstić information content (AvgIpc) is 2.68. The van der Waals surface area contributed by atoms with Crippen molar-refractivity contribution < 1.29 is 12.8 Å². The van der Waals surface area contributed by atoms with Gasteiger partial charge in [0.1, 0.15) is 11.3 Å². The number of rotatable bonds is 2. The van der Waals surface area contributed by atoms with E-state index in [0.717, 1.165) is 34.8 Å². The second-order valence-corrected chi connectivity index (χ2v) is 7.86. The SMILES string of the molecule is CN1Cc2c(C=CS(C)(=O)=O)oc3cccc(c23)CC1Cl. The van der Waals surface area contributed by atoms with E-state index < -0.39 is 9.84 Å². The maximum Gasteiger partial charge on any atom is 0.168 e. The van der Waals surface area contributed by atoms with Crippen molar-refractivity contribution in [3.05, 3.63) is 40.5 Å². The molecule has 1 aromatic carbocycles. The molecule has 3 rings (SSSR count). The van der Waals surface area contributed by atoms with Gasteiger partial charge in [0.2, 0.25) is 0 Å². The third-order valence-corrected chi connectivity index (χ3v) is 4.79. The summed E-state index contributed by atoms with van der Waals surface area (Å²) >= 11 is 6.39. The summed E-state index contributed by atoms with van der Waals surface area (Å²) in [5.41, 5.74) is 2.81. The Kier molecular flexibility index (Phi) is 3.59. The van der Waals surface area contributed by atoms with Gasteiger partial charge in [-0.05, 0) is 24.8 Å². The van der Waals surface area contributed by atoms with Crippen molar-refractivity contribution in [3.63, 3.8) is 0 Å². The maximum atomic E-state index is 11.3. The molecule has 6 heteroatoms. The number of furan rings is 1. The lowest BCUT2D eigenvalue weighted by Crippen LogP contribution is -2.26. The minimum atomic E-state index is -3.19. The van der Waals surface area contributed by atoms with Crippen LogP contribution in [-0.2, 0) is 22.8 Å². The highest BCUT2D eigenvalue weighted by molar-refractivity contribution is 7.93. The monoisotopic (exact) mass is 325 g/mol. The quantitative estimate of drug-likeness (QED) is 0.629. The Morgan fingerprint density at radius 1 is 1.43 bits per heavy atom. The maximum absolute atomic E-state index is 11.3. The lowest BCUT2D eigenvalue weighted by atomic mass is 10.0. The first-order valence-electron chi connectivity index (χ1n) is 6.61.